The summed E-state index contributed by atoms with van der Waals surface area (Å²) in [6.07, 6.45) is 0.389. The lowest BCUT2D eigenvalue weighted by Crippen LogP contribution is -2.03. The molecular weight excluding hydrogens is 300 g/mol. The van der Waals surface area contributed by atoms with Crippen LogP contribution in [0.2, 0.25) is 5.02 Å². The van der Waals surface area contributed by atoms with Crippen molar-refractivity contribution < 1.29 is 4.79 Å². The number of halogens is 2. The monoisotopic (exact) mass is 308 g/mol. The van der Waals surface area contributed by atoms with Gasteiger partial charge in [-0.25, -0.2) is 0 Å². The van der Waals surface area contributed by atoms with E-state index in [2.05, 4.69) is 15.9 Å². The third-order valence-corrected chi connectivity index (χ3v) is 3.13. The first-order chi connectivity index (χ1) is 8.15. The highest BCUT2D eigenvalue weighted by molar-refractivity contribution is 9.10. The van der Waals surface area contributed by atoms with Gasteiger partial charge < -0.3 is 0 Å². The van der Waals surface area contributed by atoms with E-state index in [4.69, 9.17) is 11.6 Å². The zero-order valence-corrected chi connectivity index (χ0v) is 11.3. The Balaban J connectivity index is 2.17. The topological polar surface area (TPSA) is 17.1 Å². The normalized spacial score (nSPS) is 10.2. The SMILES string of the molecule is O=C(Cc1cccc(Br)c1)c1cccc(Cl)c1. The van der Waals surface area contributed by atoms with Crippen LogP contribution in [0.25, 0.3) is 0 Å². The molecule has 0 saturated carbocycles. The summed E-state index contributed by atoms with van der Waals surface area (Å²) in [6.45, 7) is 0. The molecule has 0 amide bonds. The van der Waals surface area contributed by atoms with E-state index in [0.717, 1.165) is 10.0 Å². The Kier molecular flexibility index (Phi) is 3.97. The molecule has 0 bridgehead atoms. The Hall–Kier alpha value is -1.12. The van der Waals surface area contributed by atoms with E-state index < -0.39 is 0 Å². The second-order valence-electron chi connectivity index (χ2n) is 3.74. The molecule has 2 aromatic carbocycles. The lowest BCUT2D eigenvalue weighted by molar-refractivity contribution is 0.0993. The average Bonchev–Trinajstić information content (AvgIpc) is 2.29. The first-order valence-corrected chi connectivity index (χ1v) is 6.35. The second kappa shape index (κ2) is 5.48. The van der Waals surface area contributed by atoms with Crippen LogP contribution in [0.5, 0.6) is 0 Å². The summed E-state index contributed by atoms with van der Waals surface area (Å²) in [4.78, 5) is 12.0. The predicted octanol–water partition coefficient (Wildman–Crippen LogP) is 4.53. The van der Waals surface area contributed by atoms with Crippen LogP contribution in [0.3, 0.4) is 0 Å². The van der Waals surface area contributed by atoms with Crippen molar-refractivity contribution in [3.63, 3.8) is 0 Å². The fourth-order valence-electron chi connectivity index (χ4n) is 1.60. The van der Waals surface area contributed by atoms with Crippen LogP contribution in [0, 0.1) is 0 Å². The number of benzene rings is 2. The number of carbonyl (C=O) groups is 1. The van der Waals surface area contributed by atoms with E-state index in [0.29, 0.717) is 17.0 Å². The van der Waals surface area contributed by atoms with Crippen molar-refractivity contribution >= 4 is 33.3 Å². The summed E-state index contributed by atoms with van der Waals surface area (Å²) in [5.74, 6) is 0.0746. The highest BCUT2D eigenvalue weighted by Crippen LogP contribution is 2.16. The molecule has 0 fully saturated rings. The molecule has 2 aromatic rings. The summed E-state index contributed by atoms with van der Waals surface area (Å²) in [5.41, 5.74) is 1.64. The van der Waals surface area contributed by atoms with Crippen LogP contribution >= 0.6 is 27.5 Å². The third kappa shape index (κ3) is 3.42. The van der Waals surface area contributed by atoms with Gasteiger partial charge in [0.25, 0.3) is 0 Å². The molecule has 0 N–H and O–H groups in total. The molecule has 0 aliphatic heterocycles. The fraction of sp³-hybridized carbons (Fsp3) is 0.0714. The molecule has 3 heteroatoms. The number of hydrogen-bond donors (Lipinski definition) is 0. The zero-order chi connectivity index (χ0) is 12.3. The first-order valence-electron chi connectivity index (χ1n) is 5.18. The molecule has 0 aliphatic carbocycles. The van der Waals surface area contributed by atoms with Crippen molar-refractivity contribution in [2.75, 3.05) is 0 Å². The lowest BCUT2D eigenvalue weighted by Gasteiger charge is -2.02. The van der Waals surface area contributed by atoms with Gasteiger partial charge in [0.1, 0.15) is 0 Å². The van der Waals surface area contributed by atoms with E-state index in [1.165, 1.54) is 0 Å². The maximum absolute atomic E-state index is 12.0. The Labute approximate surface area is 114 Å². The van der Waals surface area contributed by atoms with Crippen molar-refractivity contribution in [2.24, 2.45) is 0 Å². The van der Waals surface area contributed by atoms with Gasteiger partial charge in [0, 0.05) is 21.5 Å². The fourth-order valence-corrected chi connectivity index (χ4v) is 2.23. The number of Topliss-reactive ketones (excluding diaryl/α,β-unsaturated/α-hetero) is 1. The van der Waals surface area contributed by atoms with Gasteiger partial charge in [-0.05, 0) is 29.8 Å². The summed E-state index contributed by atoms with van der Waals surface area (Å²) >= 11 is 9.24. The van der Waals surface area contributed by atoms with Crippen molar-refractivity contribution in [3.05, 3.63) is 69.2 Å². The van der Waals surface area contributed by atoms with E-state index >= 15 is 0 Å². The van der Waals surface area contributed by atoms with E-state index in [1.807, 2.05) is 24.3 Å². The third-order valence-electron chi connectivity index (χ3n) is 2.40. The van der Waals surface area contributed by atoms with Gasteiger partial charge in [-0.15, -0.1) is 0 Å². The van der Waals surface area contributed by atoms with Crippen molar-refractivity contribution in [1.82, 2.24) is 0 Å². The first kappa shape index (κ1) is 12.3. The van der Waals surface area contributed by atoms with Crippen molar-refractivity contribution in [2.45, 2.75) is 6.42 Å². The lowest BCUT2D eigenvalue weighted by atomic mass is 10.0. The molecule has 1 nitrogen and oxygen atoms in total. The number of hydrogen-bond acceptors (Lipinski definition) is 1. The molecule has 0 aliphatic rings. The van der Waals surface area contributed by atoms with Gasteiger partial charge in [0.15, 0.2) is 5.78 Å². The standard InChI is InChI=1S/C14H10BrClO/c15-12-5-1-3-10(7-12)8-14(17)11-4-2-6-13(16)9-11/h1-7,9H,8H2. The van der Waals surface area contributed by atoms with Crippen LogP contribution in [0.4, 0.5) is 0 Å². The maximum Gasteiger partial charge on any atom is 0.167 e. The number of carbonyl (C=O) groups excluding carboxylic acids is 1. The zero-order valence-electron chi connectivity index (χ0n) is 8.99. The molecule has 0 saturated heterocycles. The highest BCUT2D eigenvalue weighted by Gasteiger charge is 2.07. The van der Waals surface area contributed by atoms with Gasteiger partial charge in [-0.2, -0.15) is 0 Å². The molecule has 0 aromatic heterocycles. The molecule has 0 atom stereocenters. The Morgan fingerprint density at radius 1 is 1.12 bits per heavy atom. The molecule has 17 heavy (non-hydrogen) atoms. The van der Waals surface area contributed by atoms with Gasteiger partial charge in [-0.3, -0.25) is 4.79 Å². The molecular formula is C14H10BrClO. The van der Waals surface area contributed by atoms with Gasteiger partial charge in [0.05, 0.1) is 0 Å². The van der Waals surface area contributed by atoms with E-state index in [-0.39, 0.29) is 5.78 Å². The van der Waals surface area contributed by atoms with E-state index in [9.17, 15) is 4.79 Å². The second-order valence-corrected chi connectivity index (χ2v) is 5.09. The summed E-state index contributed by atoms with van der Waals surface area (Å²) in [7, 11) is 0. The molecule has 0 spiro atoms. The Bertz CT molecular complexity index is 551. The quantitative estimate of drug-likeness (QED) is 0.761. The van der Waals surface area contributed by atoms with Crippen LogP contribution in [-0.4, -0.2) is 5.78 Å². The summed E-state index contributed by atoms with van der Waals surface area (Å²) in [6, 6.07) is 14.8. The minimum atomic E-state index is 0.0746. The highest BCUT2D eigenvalue weighted by atomic mass is 79.9. The maximum atomic E-state index is 12.0. The van der Waals surface area contributed by atoms with Gasteiger partial charge in [-0.1, -0.05) is 51.8 Å². The van der Waals surface area contributed by atoms with Crippen LogP contribution < -0.4 is 0 Å². The van der Waals surface area contributed by atoms with Crippen molar-refractivity contribution in [3.8, 4) is 0 Å². The van der Waals surface area contributed by atoms with E-state index in [1.54, 1.807) is 24.3 Å². The van der Waals surface area contributed by atoms with Crippen molar-refractivity contribution in [1.29, 1.82) is 0 Å². The molecule has 0 unspecified atom stereocenters. The number of ketones is 1. The molecule has 0 radical (unpaired) electrons. The minimum absolute atomic E-state index is 0.0746. The smallest absolute Gasteiger partial charge is 0.167 e. The Morgan fingerprint density at radius 3 is 2.59 bits per heavy atom. The Morgan fingerprint density at radius 2 is 1.88 bits per heavy atom. The predicted molar refractivity (Wildman–Crippen MR) is 73.6 cm³/mol. The molecule has 86 valence electrons. The van der Waals surface area contributed by atoms with Gasteiger partial charge >= 0.3 is 0 Å². The minimum Gasteiger partial charge on any atom is -0.294 e. The van der Waals surface area contributed by atoms with Crippen LogP contribution in [0.1, 0.15) is 15.9 Å². The van der Waals surface area contributed by atoms with Gasteiger partial charge in [0.2, 0.25) is 0 Å². The van der Waals surface area contributed by atoms with Crippen LogP contribution in [0.15, 0.2) is 53.0 Å². The summed E-state index contributed by atoms with van der Waals surface area (Å²) in [5, 5.41) is 0.588. The molecule has 2 rings (SSSR count). The number of rotatable bonds is 3. The summed E-state index contributed by atoms with van der Waals surface area (Å²) < 4.78 is 0.980. The molecule has 0 heterocycles. The average molecular weight is 310 g/mol. The largest absolute Gasteiger partial charge is 0.294 e. The van der Waals surface area contributed by atoms with Crippen LogP contribution in [-0.2, 0) is 6.42 Å².